The van der Waals surface area contributed by atoms with Gasteiger partial charge >= 0.3 is 12.1 Å². The van der Waals surface area contributed by atoms with Crippen LogP contribution in [0.4, 0.5) is 4.79 Å². The van der Waals surface area contributed by atoms with Crippen LogP contribution in [-0.4, -0.2) is 210 Å². The van der Waals surface area contributed by atoms with Crippen LogP contribution in [0.25, 0.3) is 0 Å². The van der Waals surface area contributed by atoms with Gasteiger partial charge in [-0.3, -0.25) is 24.0 Å². The maximum atomic E-state index is 14.9. The maximum Gasteiger partial charge on any atom is 0.407 e. The molecule has 0 spiro atoms. The number of fused-ring (bicyclic) bond motifs is 3. The van der Waals surface area contributed by atoms with Gasteiger partial charge in [-0.1, -0.05) is 94.8 Å². The molecule has 0 radical (unpaired) electrons. The molecule has 1 unspecified atom stereocenters. The van der Waals surface area contributed by atoms with Crippen LogP contribution in [-0.2, 0) is 68.9 Å². The molecule has 25 nitrogen and oxygen atoms in total. The third-order valence-corrected chi connectivity index (χ3v) is 22.1. The number of benzene rings is 2. The van der Waals surface area contributed by atoms with Crippen LogP contribution in [0.1, 0.15) is 178 Å². The summed E-state index contributed by atoms with van der Waals surface area (Å²) in [5, 5.41) is 67.7. The number of aliphatic hydroxyl groups is 5. The molecule has 2 bridgehead atoms. The van der Waals surface area contributed by atoms with Crippen molar-refractivity contribution in [3.63, 3.8) is 0 Å². The lowest BCUT2D eigenvalue weighted by molar-refractivity contribution is -0.301. The smallest absolute Gasteiger partial charge is 0.407 e. The summed E-state index contributed by atoms with van der Waals surface area (Å²) in [6.45, 7) is 17.5. The van der Waals surface area contributed by atoms with Crippen molar-refractivity contribution in [3.8, 4) is 5.75 Å². The average molecular weight is 1480 g/mol. The van der Waals surface area contributed by atoms with Crippen LogP contribution in [0.5, 0.6) is 5.75 Å². The van der Waals surface area contributed by atoms with Gasteiger partial charge in [0.2, 0.25) is 27.6 Å². The van der Waals surface area contributed by atoms with Crippen LogP contribution in [0, 0.1) is 35.5 Å². The molecule has 26 heteroatoms. The van der Waals surface area contributed by atoms with E-state index >= 15 is 0 Å². The second-order valence-corrected chi connectivity index (χ2v) is 32.5. The average Bonchev–Trinajstić information content (AvgIpc) is 0.789. The van der Waals surface area contributed by atoms with Gasteiger partial charge in [-0.2, -0.15) is 4.31 Å². The number of hydrogen-bond acceptors (Lipinski definition) is 20. The first-order valence-corrected chi connectivity index (χ1v) is 38.5. The number of methoxy groups -OCH3 is 3. The third kappa shape index (κ3) is 25.3. The van der Waals surface area contributed by atoms with Crippen LogP contribution < -0.4 is 20.7 Å². The second kappa shape index (κ2) is 40.5. The Bertz CT molecular complexity index is 3340. The van der Waals surface area contributed by atoms with Crippen molar-refractivity contribution in [2.24, 2.45) is 35.5 Å². The fourth-order valence-corrected chi connectivity index (χ4v) is 16.1. The number of piperidine rings is 1. The predicted octanol–water partition coefficient (Wildman–Crippen LogP) is 7.76. The number of aliphatic hydroxyl groups excluding tert-OH is 4. The lowest BCUT2D eigenvalue weighted by atomic mass is 9.81. The number of unbranched alkanes of at least 4 members (excludes halogenated alkanes) is 1. The molecule has 1 aliphatic carbocycles. The Balaban J connectivity index is 1.27. The Morgan fingerprint density at radius 1 is 0.837 bits per heavy atom. The quantitative estimate of drug-likeness (QED) is 0.0183. The highest BCUT2D eigenvalue weighted by atomic mass is 32.2. The summed E-state index contributed by atoms with van der Waals surface area (Å²) < 4.78 is 64.3. The van der Waals surface area contributed by atoms with E-state index < -0.39 is 142 Å². The highest BCUT2D eigenvalue weighted by Gasteiger charge is 2.56. The van der Waals surface area contributed by atoms with Gasteiger partial charge in [0, 0.05) is 71.0 Å². The number of rotatable bonds is 27. The summed E-state index contributed by atoms with van der Waals surface area (Å²) in [6.07, 6.45) is 1.85. The monoisotopic (exact) mass is 1480 g/mol. The van der Waals surface area contributed by atoms with Crippen LogP contribution in [0.15, 0.2) is 94.9 Å². The fourth-order valence-electron chi connectivity index (χ4n) is 14.5. The number of carbonyl (C=O) groups is 7. The van der Waals surface area contributed by atoms with Gasteiger partial charge in [-0.25, -0.2) is 18.0 Å². The molecule has 582 valence electrons. The summed E-state index contributed by atoms with van der Waals surface area (Å²) in [4.78, 5) is 101. The van der Waals surface area contributed by atoms with Gasteiger partial charge in [0.1, 0.15) is 41.4 Å². The molecule has 17 atom stereocenters. The Morgan fingerprint density at radius 2 is 1.53 bits per heavy atom. The van der Waals surface area contributed by atoms with Crippen molar-refractivity contribution in [1.29, 1.82) is 0 Å². The van der Waals surface area contributed by atoms with Crippen molar-refractivity contribution in [2.75, 3.05) is 47.5 Å². The highest BCUT2D eigenvalue weighted by molar-refractivity contribution is 7.89. The zero-order chi connectivity index (χ0) is 76.8. The number of cyclic esters (lactones) is 1. The van der Waals surface area contributed by atoms with E-state index in [1.54, 1.807) is 65.8 Å². The van der Waals surface area contributed by atoms with E-state index in [9.17, 15) is 67.5 Å². The number of esters is 1. The first kappa shape index (κ1) is 86.5. The summed E-state index contributed by atoms with van der Waals surface area (Å²) in [5.41, 5.74) is 1.31. The third-order valence-electron chi connectivity index (χ3n) is 20.3. The summed E-state index contributed by atoms with van der Waals surface area (Å²) >= 11 is 0. The normalized spacial score (nSPS) is 29.0. The number of carbonyl (C=O) groups excluding carboxylic acids is 7. The number of ketones is 2. The molecule has 4 amide bonds. The molecule has 8 N–H and O–H groups in total. The summed E-state index contributed by atoms with van der Waals surface area (Å²) in [7, 11) is 0.239. The minimum absolute atomic E-state index is 0.0119. The van der Waals surface area contributed by atoms with E-state index in [2.05, 4.69) is 16.0 Å². The van der Waals surface area contributed by atoms with Gasteiger partial charge in [0.15, 0.2) is 0 Å². The number of nitrogens with zero attached hydrogens (tertiary/aromatic N) is 2. The van der Waals surface area contributed by atoms with Crippen molar-refractivity contribution < 1.29 is 95.9 Å². The number of alkyl carbamates (subject to hydrolysis) is 1. The van der Waals surface area contributed by atoms with Crippen molar-refractivity contribution in [2.45, 2.75) is 262 Å². The van der Waals surface area contributed by atoms with Crippen LogP contribution in [0.3, 0.4) is 0 Å². The first-order chi connectivity index (χ1) is 49.1. The Labute approximate surface area is 615 Å². The second-order valence-electron chi connectivity index (χ2n) is 30.6. The van der Waals surface area contributed by atoms with Gasteiger partial charge in [0.05, 0.1) is 54.7 Å². The topological polar surface area (TPSA) is 353 Å². The Morgan fingerprint density at radius 3 is 2.18 bits per heavy atom. The molecule has 3 heterocycles. The number of nitrogens with one attached hydrogen (secondary N) is 3. The van der Waals surface area contributed by atoms with Gasteiger partial charge < -0.3 is 74.8 Å². The minimum atomic E-state index is -4.18. The number of sulfonamides is 1. The Hall–Kier alpha value is -6.46. The van der Waals surface area contributed by atoms with Crippen molar-refractivity contribution in [3.05, 3.63) is 95.6 Å². The molecule has 2 saturated heterocycles. The SMILES string of the molecule is COc1ccc(S(=O)(=O)N(CC(C)C)C[C@@H](O)[C@H](Cc2ccccc2)NC(=O)C(CCCCNC(=O)OC(C)(C)C)NC(=O)CC/C=C/C[C@@H]2/C=C(\C)C[C@H](C)C[C@H](O)[C@H]3O[C@@](O)(C(=O)C(=O)N4CCCC[C@H]4C(=O)O[C@H](/C(C)=C/[C@@H]4CC[C@@H](O)[C@H](OC)C4)[C@H](C)[C@@H](O)CC2=O)[C@H](C)C[C@@H]3OC)cc1. The highest BCUT2D eigenvalue weighted by Crippen LogP contribution is 2.39. The molecule has 3 fully saturated rings. The first-order valence-electron chi connectivity index (χ1n) is 37.1. The molecule has 1 saturated carbocycles. The fraction of sp³-hybridized carbons (Fsp3) is 0.679. The van der Waals surface area contributed by atoms with E-state index in [0.717, 1.165) is 16.0 Å². The molecule has 0 aromatic heterocycles. The molecule has 4 aliphatic rings. The van der Waals surface area contributed by atoms with Gasteiger partial charge in [-0.05, 0) is 184 Å². The standard InChI is InChI=1S/C78H119N5O20S/c1-48(2)46-82(104(96,97)58-33-31-57(98-11)32-34-58)47-66(88)60(43-54-24-16-14-17-25-54)81-73(91)59(27-20-22-36-79-76(94)103-77(8,9)10)80-69(89)29-19-15-18-26-56-39-49(3)38-50(4)40-65(87)71-68(100-13)42-52(6)78(95,102-71)72(90)74(92)83-37-23-21-28-61(83)75(93)101-70(53(7)63(85)45-64(56)86)51(5)41-55-30-35-62(84)67(44-55)99-12/h14-18,24-25,31-34,39,41,48,50,52-53,55-56,59-63,65-68,70-71,84-85,87-88,95H,19-23,26-30,35-38,40,42-47H2,1-13H3,(H,79,94)(H,80,89)(H,81,91)/b18-15+,49-39+,51-41+/t50-,52+,53+,55-,56+,59?,60-,61-,62+,63-,65-,66+,67+,68-,70+,71+,78+/m0/s1. The molecular weight excluding hydrogens is 1360 g/mol. The zero-order valence-electron chi connectivity index (χ0n) is 63.3. The van der Waals surface area contributed by atoms with E-state index in [1.165, 1.54) is 49.9 Å². The largest absolute Gasteiger partial charge is 0.497 e. The molecule has 2 aromatic carbocycles. The Kier molecular flexibility index (Phi) is 33.7. The molecule has 3 aliphatic heterocycles. The summed E-state index contributed by atoms with van der Waals surface area (Å²) in [5.74, 6) is -10.4. The van der Waals surface area contributed by atoms with Crippen molar-refractivity contribution >= 4 is 51.4 Å². The van der Waals surface area contributed by atoms with Crippen molar-refractivity contribution in [1.82, 2.24) is 25.2 Å². The number of amides is 4. The number of allylic oxidation sites excluding steroid dienone is 5. The number of hydrogen-bond donors (Lipinski definition) is 8. The maximum absolute atomic E-state index is 14.9. The molecule has 6 rings (SSSR count). The summed E-state index contributed by atoms with van der Waals surface area (Å²) in [6, 6.07) is 11.5. The van der Waals surface area contributed by atoms with E-state index in [-0.39, 0.29) is 112 Å². The molecular formula is C78H119N5O20S. The van der Waals surface area contributed by atoms with E-state index in [1.807, 2.05) is 58.0 Å². The van der Waals surface area contributed by atoms with E-state index in [4.69, 9.17) is 28.4 Å². The van der Waals surface area contributed by atoms with Gasteiger partial charge in [0.25, 0.3) is 11.7 Å². The van der Waals surface area contributed by atoms with Crippen LogP contribution in [0.2, 0.25) is 0 Å². The number of ether oxygens (including phenoxy) is 6. The lowest BCUT2D eigenvalue weighted by Crippen LogP contribution is -2.64. The lowest BCUT2D eigenvalue weighted by Gasteiger charge is -2.46. The zero-order valence-corrected chi connectivity index (χ0v) is 64.1. The molecule has 2 aromatic rings. The van der Waals surface area contributed by atoms with Crippen LogP contribution >= 0.6 is 0 Å². The minimum Gasteiger partial charge on any atom is -0.497 e. The number of Topliss-reactive ketones (excluding diaryl/α,β-unsaturated/α-hetero) is 2. The van der Waals surface area contributed by atoms with Gasteiger partial charge in [-0.15, -0.1) is 0 Å². The molecule has 104 heavy (non-hydrogen) atoms. The van der Waals surface area contributed by atoms with E-state index in [0.29, 0.717) is 62.7 Å². The predicted molar refractivity (Wildman–Crippen MR) is 391 cm³/mol.